The lowest BCUT2D eigenvalue weighted by Crippen LogP contribution is -2.46. The van der Waals surface area contributed by atoms with Crippen LogP contribution in [0.3, 0.4) is 0 Å². The van der Waals surface area contributed by atoms with Crippen molar-refractivity contribution in [1.29, 1.82) is 0 Å². The van der Waals surface area contributed by atoms with Crippen LogP contribution in [0.15, 0.2) is 97.2 Å². The highest BCUT2D eigenvalue weighted by Crippen LogP contribution is 2.18. The van der Waals surface area contributed by atoms with Gasteiger partial charge in [0.05, 0.1) is 25.2 Å². The second-order valence-electron chi connectivity index (χ2n) is 19.9. The number of unbranched alkanes of at least 4 members (excludes halogenated alkanes) is 30. The van der Waals surface area contributed by atoms with Crippen molar-refractivity contribution >= 4 is 11.9 Å². The van der Waals surface area contributed by atoms with E-state index in [1.54, 1.807) is 0 Å². The van der Waals surface area contributed by atoms with Gasteiger partial charge in [-0.3, -0.25) is 9.59 Å². The van der Waals surface area contributed by atoms with E-state index < -0.39 is 18.2 Å². The third-order valence-electron chi connectivity index (χ3n) is 13.1. The number of nitrogens with one attached hydrogen (secondary N) is 1. The molecule has 0 aromatic heterocycles. The zero-order chi connectivity index (χ0) is 50.9. The van der Waals surface area contributed by atoms with E-state index in [0.717, 1.165) is 96.3 Å². The number of allylic oxidation sites excluding steroid dienone is 16. The smallest absolute Gasteiger partial charge is 0.306 e. The van der Waals surface area contributed by atoms with E-state index in [9.17, 15) is 19.8 Å². The Balaban J connectivity index is 4.68. The van der Waals surface area contributed by atoms with E-state index in [1.807, 2.05) is 6.08 Å². The minimum Gasteiger partial charge on any atom is -0.462 e. The van der Waals surface area contributed by atoms with Crippen LogP contribution >= 0.6 is 0 Å². The number of hydrogen-bond donors (Lipinski definition) is 3. The third kappa shape index (κ3) is 51.1. The zero-order valence-corrected chi connectivity index (χ0v) is 45.9. The maximum atomic E-state index is 13.3. The van der Waals surface area contributed by atoms with E-state index in [2.05, 4.69) is 117 Å². The van der Waals surface area contributed by atoms with Crippen molar-refractivity contribution in [3.8, 4) is 0 Å². The molecule has 3 atom stereocenters. The van der Waals surface area contributed by atoms with E-state index >= 15 is 0 Å². The molecule has 0 aliphatic rings. The molecule has 6 nitrogen and oxygen atoms in total. The minimum atomic E-state index is -0.810. The van der Waals surface area contributed by atoms with Crippen molar-refractivity contribution in [2.24, 2.45) is 0 Å². The van der Waals surface area contributed by atoms with Gasteiger partial charge in [-0.05, 0) is 77.0 Å². The van der Waals surface area contributed by atoms with Crippen molar-refractivity contribution in [3.63, 3.8) is 0 Å². The summed E-state index contributed by atoms with van der Waals surface area (Å²) >= 11 is 0. The highest BCUT2D eigenvalue weighted by Gasteiger charge is 2.24. The van der Waals surface area contributed by atoms with Crippen molar-refractivity contribution in [2.45, 2.75) is 289 Å². The summed E-state index contributed by atoms with van der Waals surface area (Å²) in [7, 11) is 0. The summed E-state index contributed by atoms with van der Waals surface area (Å²) in [5.41, 5.74) is 0. The topological polar surface area (TPSA) is 95.9 Å². The van der Waals surface area contributed by atoms with Crippen LogP contribution in [-0.4, -0.2) is 46.9 Å². The molecule has 3 unspecified atom stereocenters. The zero-order valence-electron chi connectivity index (χ0n) is 45.9. The largest absolute Gasteiger partial charge is 0.462 e. The highest BCUT2D eigenvalue weighted by molar-refractivity contribution is 5.77. The molecule has 0 rings (SSSR count). The van der Waals surface area contributed by atoms with Crippen molar-refractivity contribution in [3.05, 3.63) is 97.2 Å². The summed E-state index contributed by atoms with van der Waals surface area (Å²) in [6.45, 7) is 6.41. The maximum absolute atomic E-state index is 13.3. The highest BCUT2D eigenvalue weighted by atomic mass is 16.5. The predicted octanol–water partition coefficient (Wildman–Crippen LogP) is 18.5. The van der Waals surface area contributed by atoms with E-state index in [0.29, 0.717) is 19.3 Å². The average Bonchev–Trinajstić information content (AvgIpc) is 3.35. The molecule has 0 spiro atoms. The maximum Gasteiger partial charge on any atom is 0.306 e. The number of aliphatic hydroxyl groups is 2. The molecule has 0 aromatic carbocycles. The summed E-state index contributed by atoms with van der Waals surface area (Å²) in [6.07, 6.45) is 76.0. The van der Waals surface area contributed by atoms with Crippen molar-refractivity contribution in [1.82, 2.24) is 5.32 Å². The first-order valence-electron chi connectivity index (χ1n) is 29.6. The van der Waals surface area contributed by atoms with Gasteiger partial charge in [-0.15, -0.1) is 0 Å². The van der Waals surface area contributed by atoms with Gasteiger partial charge in [-0.25, -0.2) is 0 Å². The van der Waals surface area contributed by atoms with Gasteiger partial charge in [0.15, 0.2) is 0 Å². The Labute approximate surface area is 433 Å². The first kappa shape index (κ1) is 66.8. The number of hydrogen-bond acceptors (Lipinski definition) is 5. The molecule has 0 aliphatic carbocycles. The summed E-state index contributed by atoms with van der Waals surface area (Å²) in [6, 6.07) is -0.727. The lowest BCUT2D eigenvalue weighted by Gasteiger charge is -2.24. The average molecular weight is 975 g/mol. The second kappa shape index (κ2) is 56.7. The van der Waals surface area contributed by atoms with Crippen LogP contribution in [0.2, 0.25) is 0 Å². The molecule has 70 heavy (non-hydrogen) atoms. The fourth-order valence-electron chi connectivity index (χ4n) is 8.57. The molecular formula is C64H111NO5. The molecular weight excluding hydrogens is 863 g/mol. The molecule has 0 heterocycles. The third-order valence-corrected chi connectivity index (χ3v) is 13.1. The normalized spacial score (nSPS) is 13.8. The molecule has 0 saturated heterocycles. The molecule has 0 aliphatic heterocycles. The number of aliphatic hydroxyl groups excluding tert-OH is 2. The molecule has 0 fully saturated rings. The fourth-order valence-corrected chi connectivity index (χ4v) is 8.57. The quantitative estimate of drug-likeness (QED) is 0.0321. The number of rotatable bonds is 52. The van der Waals surface area contributed by atoms with Gasteiger partial charge >= 0.3 is 5.97 Å². The van der Waals surface area contributed by atoms with Gasteiger partial charge in [-0.2, -0.15) is 0 Å². The van der Waals surface area contributed by atoms with E-state index in [-0.39, 0.29) is 24.9 Å². The fraction of sp³-hybridized carbons (Fsp3) is 0.719. The van der Waals surface area contributed by atoms with Crippen molar-refractivity contribution in [2.75, 3.05) is 6.61 Å². The molecule has 402 valence electrons. The van der Waals surface area contributed by atoms with Gasteiger partial charge < -0.3 is 20.3 Å². The van der Waals surface area contributed by atoms with E-state index in [1.165, 1.54) is 128 Å². The number of carbonyl (C=O) groups excluding carboxylic acids is 2. The second-order valence-corrected chi connectivity index (χ2v) is 19.9. The summed E-state index contributed by atoms with van der Waals surface area (Å²) in [5.74, 6) is -0.540. The Kier molecular flexibility index (Phi) is 54.1. The van der Waals surface area contributed by atoms with Gasteiger partial charge in [0.2, 0.25) is 5.91 Å². The Bertz CT molecular complexity index is 1370. The lowest BCUT2D eigenvalue weighted by molar-refractivity contribution is -0.151. The Morgan fingerprint density at radius 3 is 1.14 bits per heavy atom. The number of carbonyl (C=O) groups is 2. The van der Waals surface area contributed by atoms with Crippen LogP contribution in [0, 0.1) is 0 Å². The number of amides is 1. The van der Waals surface area contributed by atoms with Crippen molar-refractivity contribution < 1.29 is 24.5 Å². The van der Waals surface area contributed by atoms with Gasteiger partial charge in [-0.1, -0.05) is 279 Å². The number of esters is 1. The molecule has 0 aromatic rings. The standard InChI is InChI=1S/C64H111NO5/c1-4-7-10-13-16-19-22-25-28-31-33-36-39-42-45-48-51-54-57-64(69)70-60(55-52-49-46-43-40-37-34-30-27-24-21-18-15-12-9-6-3)58-63(68)65-61(59-66)62(67)56-53-50-47-44-41-38-35-32-29-26-23-20-17-14-11-8-5-2/h16,18-19,21-22,24-25,27-28,30-31,33-34,36-37,40,60-62,66-67H,4-15,17,20,23,26,29,32,35,38-39,41-59H2,1-3H3,(H,65,68)/b19-16+,21-18+,25-22+,27-24+,31-28+,34-30+,36-33+,40-37+. The van der Waals surface area contributed by atoms with Crippen LogP contribution in [-0.2, 0) is 14.3 Å². The Hall–Kier alpha value is -3.22. The summed E-state index contributed by atoms with van der Waals surface area (Å²) in [5, 5.41) is 23.9. The van der Waals surface area contributed by atoms with E-state index in [4.69, 9.17) is 4.74 Å². The molecule has 6 heteroatoms. The minimum absolute atomic E-state index is 0.0371. The molecule has 0 radical (unpaired) electrons. The number of ether oxygens (including phenoxy) is 1. The first-order valence-corrected chi connectivity index (χ1v) is 29.6. The Morgan fingerprint density at radius 1 is 0.414 bits per heavy atom. The van der Waals surface area contributed by atoms with Crippen LogP contribution in [0.4, 0.5) is 0 Å². The monoisotopic (exact) mass is 974 g/mol. The molecule has 0 bridgehead atoms. The predicted molar refractivity (Wildman–Crippen MR) is 305 cm³/mol. The van der Waals surface area contributed by atoms with Crippen LogP contribution in [0.25, 0.3) is 0 Å². The Morgan fingerprint density at radius 2 is 0.729 bits per heavy atom. The SMILES string of the molecule is CCCCC/C=C/C=C/C=C/C=C/CCCCCCCC(=O)OC(CCCCC/C=C/C=C/C=C/C=C/CCCCC)CC(=O)NC(CO)C(O)CCCCCCCCCCCCCCCCCCC. The van der Waals surface area contributed by atoms with Crippen LogP contribution in [0.5, 0.6) is 0 Å². The van der Waals surface area contributed by atoms with Crippen LogP contribution < -0.4 is 5.32 Å². The molecule has 1 amide bonds. The summed E-state index contributed by atoms with van der Waals surface area (Å²) in [4.78, 5) is 26.3. The molecule has 0 saturated carbocycles. The van der Waals surface area contributed by atoms with Gasteiger partial charge in [0.1, 0.15) is 6.10 Å². The first-order chi connectivity index (χ1) is 34.5. The summed E-state index contributed by atoms with van der Waals surface area (Å²) < 4.78 is 5.94. The van der Waals surface area contributed by atoms with Gasteiger partial charge in [0, 0.05) is 6.42 Å². The molecule has 3 N–H and O–H groups in total. The lowest BCUT2D eigenvalue weighted by atomic mass is 10.0. The van der Waals surface area contributed by atoms with Gasteiger partial charge in [0.25, 0.3) is 0 Å². The van der Waals surface area contributed by atoms with Crippen LogP contribution in [0.1, 0.15) is 271 Å².